The Morgan fingerprint density at radius 2 is 2.27 bits per heavy atom. The first-order valence-electron chi connectivity index (χ1n) is 5.63. The zero-order chi connectivity index (χ0) is 11.3. The van der Waals surface area contributed by atoms with Gasteiger partial charge in [0, 0.05) is 32.5 Å². The van der Waals surface area contributed by atoms with Crippen LogP contribution in [0.3, 0.4) is 0 Å². The second-order valence-electron chi connectivity index (χ2n) is 4.27. The molecule has 3 heteroatoms. The van der Waals surface area contributed by atoms with Crippen LogP contribution in [-0.2, 0) is 13.6 Å². The molecule has 0 saturated carbocycles. The lowest BCUT2D eigenvalue weighted by molar-refractivity contribution is 0.113. The summed E-state index contributed by atoms with van der Waals surface area (Å²) in [7, 11) is 2.01. The lowest BCUT2D eigenvalue weighted by Gasteiger charge is -2.17. The lowest BCUT2D eigenvalue weighted by atomic mass is 10.0. The minimum atomic E-state index is -0.237. The van der Waals surface area contributed by atoms with Crippen LogP contribution in [0.4, 0.5) is 0 Å². The molecule has 2 unspecified atom stereocenters. The number of hydrogen-bond acceptors (Lipinski definition) is 2. The van der Waals surface area contributed by atoms with Gasteiger partial charge in [0.15, 0.2) is 0 Å². The highest BCUT2D eigenvalue weighted by Crippen LogP contribution is 2.06. The van der Waals surface area contributed by atoms with Crippen LogP contribution in [-0.4, -0.2) is 22.3 Å². The Morgan fingerprint density at radius 1 is 1.53 bits per heavy atom. The van der Waals surface area contributed by atoms with Crippen molar-refractivity contribution in [2.45, 2.75) is 32.9 Å². The fraction of sp³-hybridized carbons (Fsp3) is 0.667. The summed E-state index contributed by atoms with van der Waals surface area (Å²) in [5.74, 6) is 0.369. The van der Waals surface area contributed by atoms with E-state index in [1.54, 1.807) is 0 Å². The zero-order valence-corrected chi connectivity index (χ0v) is 9.90. The smallest absolute Gasteiger partial charge is 0.0690 e. The predicted octanol–water partition coefficient (Wildman–Crippen LogP) is 1.52. The molecular weight excluding hydrogens is 188 g/mol. The summed E-state index contributed by atoms with van der Waals surface area (Å²) in [6.45, 7) is 5.68. The monoisotopic (exact) mass is 210 g/mol. The Kier molecular flexibility index (Phi) is 4.85. The summed E-state index contributed by atoms with van der Waals surface area (Å²) in [4.78, 5) is 0. The van der Waals surface area contributed by atoms with Crippen LogP contribution in [0.5, 0.6) is 0 Å². The Labute approximate surface area is 92.1 Å². The van der Waals surface area contributed by atoms with Gasteiger partial charge in [0.2, 0.25) is 0 Å². The molecule has 0 aliphatic carbocycles. The van der Waals surface area contributed by atoms with Crippen molar-refractivity contribution in [3.05, 3.63) is 24.0 Å². The maximum atomic E-state index is 9.73. The zero-order valence-electron chi connectivity index (χ0n) is 9.90. The fourth-order valence-electron chi connectivity index (χ4n) is 1.50. The van der Waals surface area contributed by atoms with E-state index in [9.17, 15) is 5.11 Å². The number of aliphatic hydroxyl groups excluding tert-OH is 1. The summed E-state index contributed by atoms with van der Waals surface area (Å²) in [5, 5.41) is 13.0. The second-order valence-corrected chi connectivity index (χ2v) is 4.27. The molecule has 0 aliphatic rings. The highest BCUT2D eigenvalue weighted by molar-refractivity contribution is 5.09. The van der Waals surface area contributed by atoms with Gasteiger partial charge in [0.25, 0.3) is 0 Å². The maximum Gasteiger partial charge on any atom is 0.0690 e. The minimum absolute atomic E-state index is 0.237. The molecule has 1 aromatic heterocycles. The third-order valence-electron chi connectivity index (χ3n) is 2.88. The van der Waals surface area contributed by atoms with E-state index in [0.717, 1.165) is 13.0 Å². The number of nitrogens with one attached hydrogen (secondary N) is 1. The summed E-state index contributed by atoms with van der Waals surface area (Å²) < 4.78 is 2.03. The molecule has 0 fully saturated rings. The number of rotatable bonds is 6. The molecule has 2 N–H and O–H groups in total. The normalized spacial score (nSPS) is 15.2. The maximum absolute atomic E-state index is 9.73. The van der Waals surface area contributed by atoms with Crippen LogP contribution in [0.2, 0.25) is 0 Å². The van der Waals surface area contributed by atoms with Crippen molar-refractivity contribution in [2.75, 3.05) is 6.54 Å². The van der Waals surface area contributed by atoms with E-state index in [0.29, 0.717) is 12.5 Å². The van der Waals surface area contributed by atoms with Crippen LogP contribution in [0.25, 0.3) is 0 Å². The number of aliphatic hydroxyl groups is 1. The SMILES string of the molecule is CCC(C)C(O)CNCc1ccn(C)c1. The summed E-state index contributed by atoms with van der Waals surface area (Å²) in [5.41, 5.74) is 1.26. The standard InChI is InChI=1S/C12H22N2O/c1-4-10(2)12(15)8-13-7-11-5-6-14(3)9-11/h5-6,9-10,12-13,15H,4,7-8H2,1-3H3. The van der Waals surface area contributed by atoms with E-state index in [4.69, 9.17) is 0 Å². The predicted molar refractivity (Wildman–Crippen MR) is 62.6 cm³/mol. The third kappa shape index (κ3) is 4.06. The molecule has 2 atom stereocenters. The molecule has 0 radical (unpaired) electrons. The van der Waals surface area contributed by atoms with Gasteiger partial charge in [-0.15, -0.1) is 0 Å². The van der Waals surface area contributed by atoms with Gasteiger partial charge in [-0.1, -0.05) is 20.3 Å². The minimum Gasteiger partial charge on any atom is -0.392 e. The van der Waals surface area contributed by atoms with Gasteiger partial charge >= 0.3 is 0 Å². The first-order valence-corrected chi connectivity index (χ1v) is 5.63. The van der Waals surface area contributed by atoms with Crippen LogP contribution in [0.1, 0.15) is 25.8 Å². The molecule has 0 spiro atoms. The first-order chi connectivity index (χ1) is 7.13. The quantitative estimate of drug-likeness (QED) is 0.747. The van der Waals surface area contributed by atoms with Gasteiger partial charge < -0.3 is 15.0 Å². The molecule has 15 heavy (non-hydrogen) atoms. The van der Waals surface area contributed by atoms with Crippen LogP contribution >= 0.6 is 0 Å². The molecule has 1 rings (SSSR count). The van der Waals surface area contributed by atoms with E-state index in [1.165, 1.54) is 5.56 Å². The molecule has 0 saturated heterocycles. The topological polar surface area (TPSA) is 37.2 Å². The van der Waals surface area contributed by atoms with Crippen molar-refractivity contribution in [2.24, 2.45) is 13.0 Å². The Balaban J connectivity index is 2.21. The van der Waals surface area contributed by atoms with Crippen LogP contribution in [0.15, 0.2) is 18.5 Å². The second kappa shape index (κ2) is 5.93. The molecular formula is C12H22N2O. The number of nitrogens with zero attached hydrogens (tertiary/aromatic N) is 1. The molecule has 1 heterocycles. The molecule has 0 amide bonds. The lowest BCUT2D eigenvalue weighted by Crippen LogP contribution is -2.31. The number of hydrogen-bond donors (Lipinski definition) is 2. The van der Waals surface area contributed by atoms with Gasteiger partial charge in [0.05, 0.1) is 6.10 Å². The van der Waals surface area contributed by atoms with E-state index >= 15 is 0 Å². The molecule has 1 aromatic rings. The van der Waals surface area contributed by atoms with Crippen molar-refractivity contribution in [1.29, 1.82) is 0 Å². The average Bonchev–Trinajstić information content (AvgIpc) is 2.63. The molecule has 0 aliphatic heterocycles. The summed E-state index contributed by atoms with van der Waals surface area (Å²) in [6.07, 6.45) is 4.90. The van der Waals surface area contributed by atoms with Crippen molar-refractivity contribution >= 4 is 0 Å². The van der Waals surface area contributed by atoms with E-state index in [2.05, 4.69) is 31.4 Å². The first kappa shape index (κ1) is 12.3. The number of aromatic nitrogens is 1. The average molecular weight is 210 g/mol. The molecule has 0 bridgehead atoms. The van der Waals surface area contributed by atoms with E-state index in [-0.39, 0.29) is 6.10 Å². The third-order valence-corrected chi connectivity index (χ3v) is 2.88. The molecule has 86 valence electrons. The number of aryl methyl sites for hydroxylation is 1. The fourth-order valence-corrected chi connectivity index (χ4v) is 1.50. The van der Waals surface area contributed by atoms with Crippen molar-refractivity contribution < 1.29 is 5.11 Å². The van der Waals surface area contributed by atoms with Crippen molar-refractivity contribution in [3.8, 4) is 0 Å². The van der Waals surface area contributed by atoms with Crippen molar-refractivity contribution in [3.63, 3.8) is 0 Å². The van der Waals surface area contributed by atoms with Gasteiger partial charge in [0.1, 0.15) is 0 Å². The van der Waals surface area contributed by atoms with Gasteiger partial charge in [-0.3, -0.25) is 0 Å². The summed E-state index contributed by atoms with van der Waals surface area (Å²) >= 11 is 0. The molecule has 0 aromatic carbocycles. The van der Waals surface area contributed by atoms with E-state index in [1.807, 2.05) is 17.8 Å². The van der Waals surface area contributed by atoms with Crippen LogP contribution in [0, 0.1) is 5.92 Å². The Hall–Kier alpha value is -0.800. The largest absolute Gasteiger partial charge is 0.392 e. The van der Waals surface area contributed by atoms with Gasteiger partial charge in [-0.05, 0) is 17.5 Å². The van der Waals surface area contributed by atoms with Gasteiger partial charge in [-0.2, -0.15) is 0 Å². The van der Waals surface area contributed by atoms with Crippen LogP contribution < -0.4 is 5.32 Å². The Bertz CT molecular complexity index is 283. The van der Waals surface area contributed by atoms with E-state index < -0.39 is 0 Å². The highest BCUT2D eigenvalue weighted by Gasteiger charge is 2.10. The molecule has 3 nitrogen and oxygen atoms in total. The Morgan fingerprint density at radius 3 is 2.80 bits per heavy atom. The summed E-state index contributed by atoms with van der Waals surface area (Å²) in [6, 6.07) is 2.09. The highest BCUT2D eigenvalue weighted by atomic mass is 16.3. The van der Waals surface area contributed by atoms with Gasteiger partial charge in [-0.25, -0.2) is 0 Å². The van der Waals surface area contributed by atoms with Crippen molar-refractivity contribution in [1.82, 2.24) is 9.88 Å².